The van der Waals surface area contributed by atoms with Gasteiger partial charge in [-0.2, -0.15) is 0 Å². The van der Waals surface area contributed by atoms with Crippen molar-refractivity contribution < 1.29 is 19.1 Å². The lowest BCUT2D eigenvalue weighted by Crippen LogP contribution is -2.51. The van der Waals surface area contributed by atoms with Crippen LogP contribution in [0.25, 0.3) is 10.9 Å². The number of anilines is 1. The molecule has 1 saturated carbocycles. The van der Waals surface area contributed by atoms with Crippen molar-refractivity contribution in [2.75, 3.05) is 25.2 Å². The Morgan fingerprint density at radius 1 is 1.06 bits per heavy atom. The van der Waals surface area contributed by atoms with E-state index in [0.29, 0.717) is 17.9 Å². The lowest BCUT2D eigenvalue weighted by Gasteiger charge is -2.31. The average molecular weight is 475 g/mol. The Kier molecular flexibility index (Phi) is 8.05. The van der Waals surface area contributed by atoms with Crippen molar-refractivity contribution in [2.24, 2.45) is 0 Å². The molecule has 0 aliphatic heterocycles. The van der Waals surface area contributed by atoms with E-state index in [1.54, 1.807) is 37.4 Å². The van der Waals surface area contributed by atoms with Crippen LogP contribution in [0.2, 0.25) is 0 Å². The zero-order valence-electron chi connectivity index (χ0n) is 19.8. The molecule has 1 aromatic heterocycles. The SMILES string of the molecule is COCCNC(=O)[C@H](c1ccccc1)N(C(=O)C(=O)NC1CCCC1)c1cnc2ccccc2c1. The predicted octanol–water partition coefficient (Wildman–Crippen LogP) is 3.13. The van der Waals surface area contributed by atoms with E-state index in [1.165, 1.54) is 11.1 Å². The third kappa shape index (κ3) is 5.84. The van der Waals surface area contributed by atoms with Crippen LogP contribution in [0.3, 0.4) is 0 Å². The van der Waals surface area contributed by atoms with Crippen LogP contribution in [0.5, 0.6) is 0 Å². The van der Waals surface area contributed by atoms with Crippen molar-refractivity contribution in [2.45, 2.75) is 37.8 Å². The molecule has 1 aliphatic rings. The monoisotopic (exact) mass is 474 g/mol. The largest absolute Gasteiger partial charge is 0.383 e. The molecule has 2 aromatic carbocycles. The van der Waals surface area contributed by atoms with Gasteiger partial charge in [0.05, 0.1) is 24.0 Å². The number of nitrogens with zero attached hydrogens (tertiary/aromatic N) is 2. The summed E-state index contributed by atoms with van der Waals surface area (Å²) < 4.78 is 5.06. The first-order chi connectivity index (χ1) is 17.1. The maximum Gasteiger partial charge on any atom is 0.317 e. The van der Waals surface area contributed by atoms with Gasteiger partial charge in [0.2, 0.25) is 5.91 Å². The summed E-state index contributed by atoms with van der Waals surface area (Å²) >= 11 is 0. The van der Waals surface area contributed by atoms with Gasteiger partial charge in [-0.15, -0.1) is 0 Å². The van der Waals surface area contributed by atoms with Crippen molar-refractivity contribution >= 4 is 34.3 Å². The zero-order chi connectivity index (χ0) is 24.6. The summed E-state index contributed by atoms with van der Waals surface area (Å²) in [4.78, 5) is 46.0. The number of amides is 3. The number of para-hydroxylation sites is 1. The Bertz CT molecular complexity index is 1180. The fourth-order valence-corrected chi connectivity index (χ4v) is 4.43. The molecule has 8 heteroatoms. The Morgan fingerprint density at radius 2 is 1.77 bits per heavy atom. The smallest absolute Gasteiger partial charge is 0.317 e. The molecule has 0 radical (unpaired) electrons. The van der Waals surface area contributed by atoms with Crippen LogP contribution in [-0.4, -0.2) is 49.0 Å². The standard InChI is InChI=1S/C27H30N4O4/c1-35-16-15-28-25(32)24(19-9-3-2-4-10-19)31(27(34)26(33)30-21-12-6-7-13-21)22-17-20-11-5-8-14-23(20)29-18-22/h2-5,8-11,14,17-18,21,24H,6-7,12-13,15-16H2,1H3,(H,28,32)(H,30,33)/t24-/m0/s1. The summed E-state index contributed by atoms with van der Waals surface area (Å²) in [5.74, 6) is -1.94. The molecule has 8 nitrogen and oxygen atoms in total. The van der Waals surface area contributed by atoms with E-state index in [2.05, 4.69) is 15.6 Å². The molecule has 0 spiro atoms. The van der Waals surface area contributed by atoms with Gasteiger partial charge in [0.25, 0.3) is 0 Å². The van der Waals surface area contributed by atoms with Crippen molar-refractivity contribution in [3.8, 4) is 0 Å². The van der Waals surface area contributed by atoms with Crippen molar-refractivity contribution in [3.05, 3.63) is 72.4 Å². The molecule has 35 heavy (non-hydrogen) atoms. The Morgan fingerprint density at radius 3 is 2.51 bits per heavy atom. The normalized spacial score (nSPS) is 14.4. The number of rotatable bonds is 8. The molecule has 1 fully saturated rings. The molecule has 1 heterocycles. The topological polar surface area (TPSA) is 101 Å². The number of ether oxygens (including phenoxy) is 1. The minimum atomic E-state index is -1.07. The predicted molar refractivity (Wildman–Crippen MR) is 134 cm³/mol. The molecule has 1 aliphatic carbocycles. The van der Waals surface area contributed by atoms with Gasteiger partial charge in [-0.3, -0.25) is 24.3 Å². The number of hydrogen-bond acceptors (Lipinski definition) is 5. The van der Waals surface area contributed by atoms with Crippen molar-refractivity contribution in [1.29, 1.82) is 0 Å². The van der Waals surface area contributed by atoms with Gasteiger partial charge in [-0.25, -0.2) is 0 Å². The number of benzene rings is 2. The van der Waals surface area contributed by atoms with E-state index in [4.69, 9.17) is 4.74 Å². The summed E-state index contributed by atoms with van der Waals surface area (Å²) in [6.45, 7) is 0.589. The fraction of sp³-hybridized carbons (Fsp3) is 0.333. The van der Waals surface area contributed by atoms with Crippen LogP contribution in [-0.2, 0) is 19.1 Å². The number of carbonyl (C=O) groups is 3. The second-order valence-electron chi connectivity index (χ2n) is 8.61. The van der Waals surface area contributed by atoms with Gasteiger partial charge in [-0.1, -0.05) is 61.4 Å². The third-order valence-corrected chi connectivity index (χ3v) is 6.18. The molecular weight excluding hydrogens is 444 g/mol. The quantitative estimate of drug-likeness (QED) is 0.386. The number of carbonyl (C=O) groups excluding carboxylic acids is 3. The maximum absolute atomic E-state index is 13.7. The van der Waals surface area contributed by atoms with Crippen molar-refractivity contribution in [1.82, 2.24) is 15.6 Å². The Balaban J connectivity index is 1.76. The molecule has 0 bridgehead atoms. The van der Waals surface area contributed by atoms with Gasteiger partial charge in [0, 0.05) is 25.1 Å². The molecule has 2 N–H and O–H groups in total. The highest BCUT2D eigenvalue weighted by Crippen LogP contribution is 2.30. The first-order valence-corrected chi connectivity index (χ1v) is 11.9. The van der Waals surface area contributed by atoms with Crippen LogP contribution in [0, 0.1) is 0 Å². The number of pyridine rings is 1. The van der Waals surface area contributed by atoms with E-state index in [9.17, 15) is 14.4 Å². The Labute approximate surface area is 204 Å². The van der Waals surface area contributed by atoms with E-state index in [-0.39, 0.29) is 12.6 Å². The van der Waals surface area contributed by atoms with Gasteiger partial charge >= 0.3 is 11.8 Å². The van der Waals surface area contributed by atoms with Crippen molar-refractivity contribution in [3.63, 3.8) is 0 Å². The minimum absolute atomic E-state index is 0.0336. The summed E-state index contributed by atoms with van der Waals surface area (Å²) in [7, 11) is 1.55. The maximum atomic E-state index is 13.7. The second kappa shape index (κ2) is 11.6. The third-order valence-electron chi connectivity index (χ3n) is 6.18. The number of fused-ring (bicyclic) bond motifs is 1. The molecular formula is C27H30N4O4. The molecule has 182 valence electrons. The van der Waals surface area contributed by atoms with Crippen LogP contribution in [0.15, 0.2) is 66.9 Å². The van der Waals surface area contributed by atoms with E-state index < -0.39 is 23.8 Å². The summed E-state index contributed by atoms with van der Waals surface area (Å²) in [5, 5.41) is 6.48. The average Bonchev–Trinajstić information content (AvgIpc) is 3.40. The lowest BCUT2D eigenvalue weighted by molar-refractivity contribution is -0.139. The number of methoxy groups -OCH3 is 1. The first kappa shape index (κ1) is 24.3. The molecule has 0 saturated heterocycles. The minimum Gasteiger partial charge on any atom is -0.383 e. The van der Waals surface area contributed by atoms with E-state index in [1.807, 2.05) is 30.3 Å². The lowest BCUT2D eigenvalue weighted by atomic mass is 10.0. The van der Waals surface area contributed by atoms with Gasteiger partial charge in [0.1, 0.15) is 6.04 Å². The van der Waals surface area contributed by atoms with Crippen LogP contribution < -0.4 is 15.5 Å². The molecule has 1 atom stereocenters. The van der Waals surface area contributed by atoms with Crippen LogP contribution >= 0.6 is 0 Å². The second-order valence-corrected chi connectivity index (χ2v) is 8.61. The van der Waals surface area contributed by atoms with E-state index >= 15 is 0 Å². The van der Waals surface area contributed by atoms with Gasteiger partial charge in [-0.05, 0) is 30.5 Å². The summed E-state index contributed by atoms with van der Waals surface area (Å²) in [6.07, 6.45) is 5.26. The van der Waals surface area contributed by atoms with E-state index in [0.717, 1.165) is 36.6 Å². The summed E-state index contributed by atoms with van der Waals surface area (Å²) in [6, 6.07) is 17.1. The zero-order valence-corrected chi connectivity index (χ0v) is 19.8. The highest BCUT2D eigenvalue weighted by molar-refractivity contribution is 6.41. The summed E-state index contributed by atoms with van der Waals surface area (Å²) in [5.41, 5.74) is 1.70. The number of nitrogens with one attached hydrogen (secondary N) is 2. The highest BCUT2D eigenvalue weighted by Gasteiger charge is 2.37. The van der Waals surface area contributed by atoms with Crippen LogP contribution in [0.1, 0.15) is 37.3 Å². The molecule has 3 aromatic rings. The fourth-order valence-electron chi connectivity index (χ4n) is 4.43. The first-order valence-electron chi connectivity index (χ1n) is 11.9. The number of aromatic nitrogens is 1. The molecule has 4 rings (SSSR count). The van der Waals surface area contributed by atoms with Gasteiger partial charge < -0.3 is 15.4 Å². The van der Waals surface area contributed by atoms with Crippen LogP contribution in [0.4, 0.5) is 5.69 Å². The highest BCUT2D eigenvalue weighted by atomic mass is 16.5. The Hall–Kier alpha value is -3.78. The molecule has 0 unspecified atom stereocenters. The number of hydrogen-bond donors (Lipinski definition) is 2. The molecule has 3 amide bonds. The van der Waals surface area contributed by atoms with Gasteiger partial charge in [0.15, 0.2) is 0 Å².